The first-order valence-corrected chi connectivity index (χ1v) is 7.18. The van der Waals surface area contributed by atoms with E-state index in [0.29, 0.717) is 0 Å². The molecule has 0 bridgehead atoms. The third-order valence-corrected chi connectivity index (χ3v) is 3.75. The quantitative estimate of drug-likeness (QED) is 0.923. The van der Waals surface area contributed by atoms with Crippen molar-refractivity contribution in [2.24, 2.45) is 0 Å². The maximum absolute atomic E-state index is 4.57. The number of aryl methyl sites for hydroxylation is 1. The van der Waals surface area contributed by atoms with Gasteiger partial charge in [0.05, 0.1) is 5.69 Å². The van der Waals surface area contributed by atoms with Crippen LogP contribution in [0.4, 0.5) is 5.69 Å². The molecule has 2 aromatic rings. The third-order valence-electron chi connectivity index (χ3n) is 3.75. The molecule has 3 heteroatoms. The molecule has 0 unspecified atom stereocenters. The van der Waals surface area contributed by atoms with Crippen LogP contribution in [0, 0.1) is 6.92 Å². The van der Waals surface area contributed by atoms with Crippen molar-refractivity contribution in [3.05, 3.63) is 58.9 Å². The van der Waals surface area contributed by atoms with Crippen LogP contribution in [0.5, 0.6) is 0 Å². The van der Waals surface area contributed by atoms with E-state index in [0.717, 1.165) is 37.4 Å². The number of aromatic nitrogens is 1. The summed E-state index contributed by atoms with van der Waals surface area (Å²) in [5.74, 6) is 0. The van der Waals surface area contributed by atoms with E-state index in [1.54, 1.807) is 0 Å². The van der Waals surface area contributed by atoms with Gasteiger partial charge in [0.15, 0.2) is 0 Å². The zero-order valence-electron chi connectivity index (χ0n) is 12.2. The smallest absolute Gasteiger partial charge is 0.0547 e. The standard InChI is InChI=1S/C17H21N3/c1-13-5-3-8-16(19-13)12-20(2)11-15-7-4-6-14-9-10-18-17(14)15/h3-8,18H,9-12H2,1-2H3. The van der Waals surface area contributed by atoms with Gasteiger partial charge in [-0.3, -0.25) is 9.88 Å². The summed E-state index contributed by atoms with van der Waals surface area (Å²) in [5.41, 5.74) is 6.39. The van der Waals surface area contributed by atoms with Gasteiger partial charge >= 0.3 is 0 Å². The summed E-state index contributed by atoms with van der Waals surface area (Å²) in [6, 6.07) is 12.8. The second-order valence-corrected chi connectivity index (χ2v) is 5.57. The van der Waals surface area contributed by atoms with Crippen LogP contribution in [0.1, 0.15) is 22.5 Å². The fourth-order valence-electron chi connectivity index (χ4n) is 2.85. The van der Waals surface area contributed by atoms with Crippen molar-refractivity contribution >= 4 is 5.69 Å². The van der Waals surface area contributed by atoms with Crippen LogP contribution in [-0.4, -0.2) is 23.5 Å². The lowest BCUT2D eigenvalue weighted by Gasteiger charge is -2.18. The van der Waals surface area contributed by atoms with Crippen molar-refractivity contribution in [1.29, 1.82) is 0 Å². The number of benzene rings is 1. The fourth-order valence-corrected chi connectivity index (χ4v) is 2.85. The molecule has 0 spiro atoms. The molecule has 0 saturated carbocycles. The molecule has 0 aliphatic carbocycles. The molecule has 2 heterocycles. The molecule has 20 heavy (non-hydrogen) atoms. The molecule has 1 aliphatic rings. The number of para-hydroxylation sites is 1. The molecule has 0 saturated heterocycles. The molecule has 1 aliphatic heterocycles. The number of rotatable bonds is 4. The van der Waals surface area contributed by atoms with E-state index in [4.69, 9.17) is 0 Å². The number of pyridine rings is 1. The summed E-state index contributed by atoms with van der Waals surface area (Å²) < 4.78 is 0. The number of nitrogens with one attached hydrogen (secondary N) is 1. The normalized spacial score (nSPS) is 13.3. The lowest BCUT2D eigenvalue weighted by atomic mass is 10.1. The van der Waals surface area contributed by atoms with Gasteiger partial charge in [0.25, 0.3) is 0 Å². The van der Waals surface area contributed by atoms with Crippen molar-refractivity contribution in [1.82, 2.24) is 9.88 Å². The van der Waals surface area contributed by atoms with Gasteiger partial charge < -0.3 is 5.32 Å². The maximum Gasteiger partial charge on any atom is 0.0547 e. The molecular weight excluding hydrogens is 246 g/mol. The summed E-state index contributed by atoms with van der Waals surface area (Å²) >= 11 is 0. The molecule has 0 fully saturated rings. The molecule has 3 nitrogen and oxygen atoms in total. The highest BCUT2D eigenvalue weighted by Crippen LogP contribution is 2.27. The molecule has 0 amide bonds. The van der Waals surface area contributed by atoms with E-state index in [2.05, 4.69) is 52.6 Å². The van der Waals surface area contributed by atoms with Gasteiger partial charge in [-0.2, -0.15) is 0 Å². The molecule has 0 radical (unpaired) electrons. The van der Waals surface area contributed by atoms with E-state index in [1.165, 1.54) is 16.8 Å². The van der Waals surface area contributed by atoms with Gasteiger partial charge in [0.2, 0.25) is 0 Å². The van der Waals surface area contributed by atoms with Crippen molar-refractivity contribution in [2.45, 2.75) is 26.4 Å². The second-order valence-electron chi connectivity index (χ2n) is 5.57. The van der Waals surface area contributed by atoms with Gasteiger partial charge in [-0.15, -0.1) is 0 Å². The number of hydrogen-bond acceptors (Lipinski definition) is 3. The highest BCUT2D eigenvalue weighted by Gasteiger charge is 2.14. The molecule has 104 valence electrons. The predicted molar refractivity (Wildman–Crippen MR) is 82.8 cm³/mol. The summed E-state index contributed by atoms with van der Waals surface area (Å²) in [7, 11) is 2.15. The Bertz CT molecular complexity index is 607. The average molecular weight is 267 g/mol. The summed E-state index contributed by atoms with van der Waals surface area (Å²) in [5, 5.41) is 3.50. The van der Waals surface area contributed by atoms with Crippen molar-refractivity contribution < 1.29 is 0 Å². The van der Waals surface area contributed by atoms with Crippen LogP contribution in [0.15, 0.2) is 36.4 Å². The number of nitrogens with zero attached hydrogens (tertiary/aromatic N) is 2. The Hall–Kier alpha value is -1.87. The zero-order chi connectivity index (χ0) is 13.9. The molecule has 1 aromatic heterocycles. The minimum Gasteiger partial charge on any atom is -0.384 e. The van der Waals surface area contributed by atoms with E-state index < -0.39 is 0 Å². The van der Waals surface area contributed by atoms with Gasteiger partial charge in [-0.05, 0) is 43.7 Å². The van der Waals surface area contributed by atoms with Gasteiger partial charge in [0.1, 0.15) is 0 Å². The first kappa shape index (κ1) is 13.1. The topological polar surface area (TPSA) is 28.2 Å². The first-order valence-electron chi connectivity index (χ1n) is 7.18. The SMILES string of the molecule is Cc1cccc(CN(C)Cc2cccc3c2NCC3)n1. The molecule has 0 atom stereocenters. The Labute approximate surface area is 120 Å². The minimum atomic E-state index is 0.880. The first-order chi connectivity index (χ1) is 9.72. The van der Waals surface area contributed by atoms with Crippen LogP contribution >= 0.6 is 0 Å². The largest absolute Gasteiger partial charge is 0.384 e. The Morgan fingerprint density at radius 1 is 1.15 bits per heavy atom. The predicted octanol–water partition coefficient (Wildman–Crippen LogP) is 2.99. The Morgan fingerprint density at radius 2 is 2.00 bits per heavy atom. The van der Waals surface area contributed by atoms with Gasteiger partial charge in [0, 0.05) is 31.0 Å². The Balaban J connectivity index is 1.70. The van der Waals surface area contributed by atoms with E-state index >= 15 is 0 Å². The third kappa shape index (κ3) is 2.83. The van der Waals surface area contributed by atoms with E-state index in [9.17, 15) is 0 Å². The number of hydrogen-bond donors (Lipinski definition) is 1. The average Bonchev–Trinajstić information content (AvgIpc) is 2.88. The lowest BCUT2D eigenvalue weighted by molar-refractivity contribution is 0.315. The monoisotopic (exact) mass is 267 g/mol. The van der Waals surface area contributed by atoms with Crippen LogP contribution in [0.2, 0.25) is 0 Å². The molecular formula is C17H21N3. The maximum atomic E-state index is 4.57. The fraction of sp³-hybridized carbons (Fsp3) is 0.353. The van der Waals surface area contributed by atoms with Crippen LogP contribution in [-0.2, 0) is 19.5 Å². The summed E-state index contributed by atoms with van der Waals surface area (Å²) in [6.45, 7) is 4.93. The van der Waals surface area contributed by atoms with Crippen molar-refractivity contribution in [2.75, 3.05) is 18.9 Å². The van der Waals surface area contributed by atoms with Crippen LogP contribution in [0.25, 0.3) is 0 Å². The van der Waals surface area contributed by atoms with Crippen molar-refractivity contribution in [3.8, 4) is 0 Å². The van der Waals surface area contributed by atoms with Crippen LogP contribution in [0.3, 0.4) is 0 Å². The molecule has 3 rings (SSSR count). The Morgan fingerprint density at radius 3 is 2.85 bits per heavy atom. The van der Waals surface area contributed by atoms with Gasteiger partial charge in [-0.1, -0.05) is 24.3 Å². The number of anilines is 1. The summed E-state index contributed by atoms with van der Waals surface area (Å²) in [6.07, 6.45) is 1.15. The second kappa shape index (κ2) is 5.63. The molecule has 1 aromatic carbocycles. The lowest BCUT2D eigenvalue weighted by Crippen LogP contribution is -2.18. The highest BCUT2D eigenvalue weighted by molar-refractivity contribution is 5.61. The minimum absolute atomic E-state index is 0.880. The van der Waals surface area contributed by atoms with E-state index in [1.807, 2.05) is 13.0 Å². The van der Waals surface area contributed by atoms with Gasteiger partial charge in [-0.25, -0.2) is 0 Å². The summed E-state index contributed by atoms with van der Waals surface area (Å²) in [4.78, 5) is 6.89. The Kier molecular flexibility index (Phi) is 3.70. The zero-order valence-corrected chi connectivity index (χ0v) is 12.2. The van der Waals surface area contributed by atoms with Crippen molar-refractivity contribution in [3.63, 3.8) is 0 Å². The van der Waals surface area contributed by atoms with Crippen LogP contribution < -0.4 is 5.32 Å². The van der Waals surface area contributed by atoms with E-state index in [-0.39, 0.29) is 0 Å². The highest BCUT2D eigenvalue weighted by atomic mass is 15.1. The molecule has 1 N–H and O–H groups in total. The number of fused-ring (bicyclic) bond motifs is 1.